The number of aliphatic hydroxyl groups is 6. The Morgan fingerprint density at radius 3 is 1.72 bits per heavy atom. The van der Waals surface area contributed by atoms with E-state index in [1.165, 1.54) is 48.5 Å². The number of carbonyl (C=O) groups excluding carboxylic acids is 1. The molecule has 7 rings (SSSR count). The number of hydrogen-bond acceptors (Lipinski definition) is 22. The van der Waals surface area contributed by atoms with Crippen LogP contribution in [-0.2, 0) is 47.6 Å². The van der Waals surface area contributed by atoms with Crippen molar-refractivity contribution in [2.24, 2.45) is 0 Å². The van der Waals surface area contributed by atoms with Gasteiger partial charge in [0.05, 0.1) is 0 Å². The quantitative estimate of drug-likeness (QED) is 0.0507. The van der Waals surface area contributed by atoms with E-state index in [0.717, 1.165) is 30.4 Å². The lowest BCUT2D eigenvalue weighted by atomic mass is 9.95. The number of carbonyl (C=O) groups is 4. The second-order valence-electron chi connectivity index (χ2n) is 15.2. The van der Waals surface area contributed by atoms with Crippen LogP contribution >= 0.6 is 0 Å². The lowest BCUT2D eigenvalue weighted by Crippen LogP contribution is -2.68. The van der Waals surface area contributed by atoms with Crippen molar-refractivity contribution in [2.75, 3.05) is 0 Å². The summed E-state index contributed by atoms with van der Waals surface area (Å²) >= 11 is 0. The van der Waals surface area contributed by atoms with Crippen molar-refractivity contribution in [3.63, 3.8) is 0 Å². The number of rotatable bonds is 13. The van der Waals surface area contributed by atoms with E-state index in [2.05, 4.69) is 0 Å². The number of aliphatic carboxylic acids is 3. The number of phenols is 3. The molecule has 3 aliphatic rings. The number of phenolic OH excluding ortho intramolecular Hbond substituents is 3. The van der Waals surface area contributed by atoms with Crippen LogP contribution in [0.3, 0.4) is 0 Å². The molecule has 0 bridgehead atoms. The van der Waals surface area contributed by atoms with Gasteiger partial charge in [0.25, 0.3) is 0 Å². The van der Waals surface area contributed by atoms with Gasteiger partial charge in [0.15, 0.2) is 48.5 Å². The topological polar surface area (TPSA) is 406 Å². The minimum atomic E-state index is -2.47. The Bertz CT molecular complexity index is 2560. The molecule has 67 heavy (non-hydrogen) atoms. The van der Waals surface area contributed by atoms with Gasteiger partial charge in [0, 0.05) is 29.8 Å². The van der Waals surface area contributed by atoms with Crippen LogP contribution < -0.4 is 10.2 Å². The molecule has 12 N–H and O–H groups in total. The maximum atomic E-state index is 13.5. The fourth-order valence-electron chi connectivity index (χ4n) is 7.31. The number of benzene rings is 3. The summed E-state index contributed by atoms with van der Waals surface area (Å²) in [5.74, 6) is -8.55. The summed E-state index contributed by atoms with van der Waals surface area (Å²) in [7, 11) is 0. The molecule has 25 nitrogen and oxygen atoms in total. The van der Waals surface area contributed by atoms with E-state index in [9.17, 15) is 85.3 Å². The van der Waals surface area contributed by atoms with Gasteiger partial charge in [-0.3, -0.25) is 4.79 Å². The highest BCUT2D eigenvalue weighted by atomic mass is 16.8. The van der Waals surface area contributed by atoms with Gasteiger partial charge < -0.3 is 98.9 Å². The van der Waals surface area contributed by atoms with E-state index < -0.39 is 133 Å². The first-order valence-electron chi connectivity index (χ1n) is 19.7. The molecule has 0 unspecified atom stereocenters. The lowest BCUT2D eigenvalue weighted by Gasteiger charge is -2.47. The normalized spacial score (nSPS) is 32.1. The molecular formula is C42H40O25. The SMILES string of the molecule is O=C(/C=C\c1ccc(O)cc1)O[C@H]1[C@H](O[C@H]2[C@H](Oc3cc(O)c4c(=O)cc(-c5ccc(O)cc5)oc4c3)O[C@H](C(=O)O)[C@@H](O)[C@@H]2O)O[C@H](C(=O)O)[C@@H](O)[C@@H]1O[C@@H]1O[C@H](C(=O)O)[C@@H](O)[C@H](O)[C@H]1O. The molecule has 0 spiro atoms. The molecular weight excluding hydrogens is 904 g/mol. The molecule has 1 aromatic heterocycles. The molecule has 3 saturated heterocycles. The number of aromatic hydroxyl groups is 3. The van der Waals surface area contributed by atoms with E-state index in [1.807, 2.05) is 0 Å². The first kappa shape index (κ1) is 48.2. The van der Waals surface area contributed by atoms with E-state index in [1.54, 1.807) is 0 Å². The van der Waals surface area contributed by atoms with Crippen LogP contribution in [0.2, 0.25) is 0 Å². The average molecular weight is 945 g/mol. The minimum absolute atomic E-state index is 0.0520. The van der Waals surface area contributed by atoms with Crippen LogP contribution in [0.25, 0.3) is 28.4 Å². The molecule has 4 heterocycles. The molecule has 15 atom stereocenters. The zero-order valence-corrected chi connectivity index (χ0v) is 33.8. The Kier molecular flexibility index (Phi) is 14.1. The third-order valence-corrected chi connectivity index (χ3v) is 10.7. The third kappa shape index (κ3) is 10.2. The number of carboxylic acid groups (broad SMARTS) is 3. The van der Waals surface area contributed by atoms with Crippen molar-refractivity contribution in [1.82, 2.24) is 0 Å². The van der Waals surface area contributed by atoms with E-state index in [0.29, 0.717) is 11.1 Å². The second kappa shape index (κ2) is 19.6. The van der Waals surface area contributed by atoms with E-state index >= 15 is 0 Å². The smallest absolute Gasteiger partial charge is 0.335 e. The van der Waals surface area contributed by atoms with Gasteiger partial charge in [-0.2, -0.15) is 0 Å². The van der Waals surface area contributed by atoms with Gasteiger partial charge >= 0.3 is 23.9 Å². The Balaban J connectivity index is 1.27. The Labute approximate surface area is 373 Å². The zero-order valence-electron chi connectivity index (χ0n) is 33.8. The Hall–Kier alpha value is -6.75. The molecule has 0 aliphatic carbocycles. The number of fused-ring (bicyclic) bond motifs is 1. The predicted octanol–water partition coefficient (Wildman–Crippen LogP) is -2.05. The molecule has 25 heteroatoms. The van der Waals surface area contributed by atoms with Crippen LogP contribution in [0.5, 0.6) is 23.0 Å². The summed E-state index contributed by atoms with van der Waals surface area (Å²) in [4.78, 5) is 63.2. The van der Waals surface area contributed by atoms with Crippen molar-refractivity contribution >= 4 is 40.9 Å². The van der Waals surface area contributed by atoms with Gasteiger partial charge in [0.2, 0.25) is 6.29 Å². The maximum absolute atomic E-state index is 13.5. The molecule has 3 aromatic carbocycles. The summed E-state index contributed by atoms with van der Waals surface area (Å²) in [5.41, 5.74) is -0.459. The van der Waals surface area contributed by atoms with Crippen LogP contribution in [-0.4, -0.2) is 177 Å². The van der Waals surface area contributed by atoms with Gasteiger partial charge in [-0.05, 0) is 48.0 Å². The zero-order chi connectivity index (χ0) is 48.6. The van der Waals surface area contributed by atoms with Crippen molar-refractivity contribution in [1.29, 1.82) is 0 Å². The number of ether oxygens (including phenoxy) is 7. The molecule has 0 radical (unpaired) electrons. The fourth-order valence-corrected chi connectivity index (χ4v) is 7.31. The predicted molar refractivity (Wildman–Crippen MR) is 214 cm³/mol. The summed E-state index contributed by atoms with van der Waals surface area (Å²) < 4.78 is 44.9. The Morgan fingerprint density at radius 1 is 0.567 bits per heavy atom. The van der Waals surface area contributed by atoms with Gasteiger partial charge in [-0.15, -0.1) is 0 Å². The third-order valence-electron chi connectivity index (χ3n) is 10.7. The van der Waals surface area contributed by atoms with Crippen LogP contribution in [0.4, 0.5) is 0 Å². The molecule has 0 saturated carbocycles. The van der Waals surface area contributed by atoms with Crippen LogP contribution in [0.1, 0.15) is 5.56 Å². The molecule has 3 fully saturated rings. The fraction of sp³-hybridized carbons (Fsp3) is 0.357. The summed E-state index contributed by atoms with van der Waals surface area (Å²) in [6, 6.07) is 13.6. The first-order valence-corrected chi connectivity index (χ1v) is 19.7. The number of hydrogen-bond donors (Lipinski definition) is 12. The molecule has 0 amide bonds. The van der Waals surface area contributed by atoms with E-state index in [4.69, 9.17) is 37.6 Å². The van der Waals surface area contributed by atoms with Gasteiger partial charge in [0.1, 0.15) is 82.5 Å². The van der Waals surface area contributed by atoms with Crippen LogP contribution in [0.15, 0.2) is 82.0 Å². The minimum Gasteiger partial charge on any atom is -0.508 e. The first-order chi connectivity index (χ1) is 31.7. The highest BCUT2D eigenvalue weighted by Gasteiger charge is 2.58. The second-order valence-corrected chi connectivity index (χ2v) is 15.2. The number of esters is 1. The number of aliphatic hydroxyl groups excluding tert-OH is 6. The van der Waals surface area contributed by atoms with E-state index in [-0.39, 0.29) is 28.2 Å². The largest absolute Gasteiger partial charge is 0.508 e. The summed E-state index contributed by atoms with van der Waals surface area (Å²) in [6.45, 7) is 0. The van der Waals surface area contributed by atoms with Gasteiger partial charge in [-0.25, -0.2) is 19.2 Å². The van der Waals surface area contributed by atoms with Crippen LogP contribution in [0, 0.1) is 0 Å². The van der Waals surface area contributed by atoms with Gasteiger partial charge in [-0.1, -0.05) is 12.1 Å². The molecule has 3 aliphatic heterocycles. The number of carboxylic acids is 3. The van der Waals surface area contributed by atoms with Crippen molar-refractivity contribution in [3.8, 4) is 34.3 Å². The highest BCUT2D eigenvalue weighted by molar-refractivity contribution is 5.87. The summed E-state index contributed by atoms with van der Waals surface area (Å²) in [6.07, 6.45) is -33.2. The summed E-state index contributed by atoms with van der Waals surface area (Å²) in [5, 5.41) is 125. The molecule has 358 valence electrons. The van der Waals surface area contributed by atoms with Crippen molar-refractivity contribution < 1.29 is 118 Å². The van der Waals surface area contributed by atoms with Crippen molar-refractivity contribution in [3.05, 3.63) is 88.6 Å². The van der Waals surface area contributed by atoms with Crippen molar-refractivity contribution in [2.45, 2.75) is 92.1 Å². The standard InChI is InChI=1S/C42H40O25/c43-16-6-1-14(2-7-16)3-10-23(47)62-36-31(63-40-29(52)25(48)26(49)32(64-40)37(54)55)30(53)34(39(58)59)66-42(36)67-35-28(51)27(50)33(38(56)57)65-41(35)60-18-11-19(45)24-20(46)13-21(61-22(24)12-18)15-4-8-17(44)9-5-15/h1-13,25-36,40-45,48-53H,(H,54,55)(H,56,57)(H,58,59)/b10-3-/t25-,26-,27-,28-,29+,30-,31-,32-,33-,34-,35+,36+,40+,41+,42-/m0/s1. The molecule has 4 aromatic rings. The lowest BCUT2D eigenvalue weighted by molar-refractivity contribution is -0.373. The Morgan fingerprint density at radius 2 is 1.10 bits per heavy atom. The average Bonchev–Trinajstić information content (AvgIpc) is 3.27. The highest BCUT2D eigenvalue weighted by Crippen LogP contribution is 2.37. The monoisotopic (exact) mass is 944 g/mol. The maximum Gasteiger partial charge on any atom is 0.335 e.